The van der Waals surface area contributed by atoms with Gasteiger partial charge in [-0.25, -0.2) is 0 Å². The van der Waals surface area contributed by atoms with E-state index >= 15 is 0 Å². The molecular formula is C11H12Cl2N2O. The van der Waals surface area contributed by atoms with Gasteiger partial charge in [-0.1, -0.05) is 29.3 Å². The number of nitrogens with zero attached hydrogens (tertiary/aromatic N) is 1. The van der Waals surface area contributed by atoms with Crippen LogP contribution >= 0.6 is 23.2 Å². The number of carbonyl (C=O) groups is 1. The van der Waals surface area contributed by atoms with Crippen molar-refractivity contribution in [2.24, 2.45) is 11.7 Å². The number of hydrogen-bond acceptors (Lipinski definition) is 2. The number of benzene rings is 1. The van der Waals surface area contributed by atoms with E-state index in [0.29, 0.717) is 35.2 Å². The monoisotopic (exact) mass is 258 g/mol. The smallest absolute Gasteiger partial charge is 0.227 e. The summed E-state index contributed by atoms with van der Waals surface area (Å²) in [5.74, 6) is 0.266. The molecule has 2 N–H and O–H groups in total. The number of nitrogens with two attached hydrogens (primary N) is 1. The molecular weight excluding hydrogens is 247 g/mol. The molecule has 3 nitrogen and oxygen atoms in total. The summed E-state index contributed by atoms with van der Waals surface area (Å²) in [7, 11) is 0. The molecule has 1 aliphatic rings. The first-order valence-corrected chi connectivity index (χ1v) is 5.83. The number of amides is 1. The highest BCUT2D eigenvalue weighted by Gasteiger charge is 2.30. The summed E-state index contributed by atoms with van der Waals surface area (Å²) in [5.41, 5.74) is 6.24. The molecule has 0 bridgehead atoms. The molecule has 0 radical (unpaired) electrons. The van der Waals surface area contributed by atoms with E-state index in [1.54, 1.807) is 23.1 Å². The third-order valence-electron chi connectivity index (χ3n) is 2.76. The molecule has 0 saturated carbocycles. The van der Waals surface area contributed by atoms with Gasteiger partial charge in [-0.15, -0.1) is 0 Å². The van der Waals surface area contributed by atoms with Crippen molar-refractivity contribution in [3.05, 3.63) is 28.2 Å². The van der Waals surface area contributed by atoms with Crippen molar-refractivity contribution < 1.29 is 4.79 Å². The van der Waals surface area contributed by atoms with Gasteiger partial charge in [-0.05, 0) is 24.6 Å². The number of hydrogen-bond donors (Lipinski definition) is 1. The molecule has 1 saturated heterocycles. The van der Waals surface area contributed by atoms with Gasteiger partial charge in [0.2, 0.25) is 5.91 Å². The van der Waals surface area contributed by atoms with Crippen LogP contribution in [-0.2, 0) is 4.79 Å². The molecule has 0 aromatic heterocycles. The Morgan fingerprint density at radius 3 is 2.81 bits per heavy atom. The first kappa shape index (κ1) is 11.7. The molecule has 1 amide bonds. The fraction of sp³-hybridized carbons (Fsp3) is 0.364. The number of halogens is 2. The van der Waals surface area contributed by atoms with Crippen LogP contribution in [0.4, 0.5) is 5.69 Å². The Labute approximate surface area is 104 Å². The van der Waals surface area contributed by atoms with Crippen molar-refractivity contribution in [3.63, 3.8) is 0 Å². The predicted molar refractivity (Wildman–Crippen MR) is 66.0 cm³/mol. The van der Waals surface area contributed by atoms with Gasteiger partial charge < -0.3 is 10.6 Å². The zero-order valence-corrected chi connectivity index (χ0v) is 10.1. The molecule has 1 aliphatic heterocycles. The van der Waals surface area contributed by atoms with Crippen LogP contribution < -0.4 is 10.6 Å². The van der Waals surface area contributed by atoms with Gasteiger partial charge in [0.15, 0.2) is 0 Å². The molecule has 1 fully saturated rings. The van der Waals surface area contributed by atoms with E-state index in [1.807, 2.05) is 0 Å². The van der Waals surface area contributed by atoms with Crippen LogP contribution in [-0.4, -0.2) is 19.0 Å². The van der Waals surface area contributed by atoms with Gasteiger partial charge >= 0.3 is 0 Å². The van der Waals surface area contributed by atoms with Gasteiger partial charge in [0.1, 0.15) is 0 Å². The Morgan fingerprint density at radius 2 is 2.19 bits per heavy atom. The van der Waals surface area contributed by atoms with Crippen LogP contribution in [0, 0.1) is 5.92 Å². The second-order valence-corrected chi connectivity index (χ2v) is 4.67. The van der Waals surface area contributed by atoms with Gasteiger partial charge in [0, 0.05) is 13.0 Å². The number of anilines is 1. The molecule has 1 unspecified atom stereocenters. The van der Waals surface area contributed by atoms with Crippen molar-refractivity contribution in [2.75, 3.05) is 18.0 Å². The van der Waals surface area contributed by atoms with E-state index < -0.39 is 0 Å². The summed E-state index contributed by atoms with van der Waals surface area (Å²) >= 11 is 12.0. The molecule has 1 aromatic carbocycles. The minimum absolute atomic E-state index is 0.0552. The maximum atomic E-state index is 11.8. The largest absolute Gasteiger partial charge is 0.330 e. The number of carbonyl (C=O) groups excluding carboxylic acids is 1. The highest BCUT2D eigenvalue weighted by molar-refractivity contribution is 6.44. The normalized spacial score (nSPS) is 20.6. The molecule has 86 valence electrons. The van der Waals surface area contributed by atoms with Crippen LogP contribution in [0.15, 0.2) is 18.2 Å². The molecule has 0 aliphatic carbocycles. The van der Waals surface area contributed by atoms with Crippen molar-refractivity contribution >= 4 is 34.8 Å². The molecule has 0 spiro atoms. The second-order valence-electron chi connectivity index (χ2n) is 3.88. The fourth-order valence-corrected chi connectivity index (χ4v) is 2.27. The molecule has 5 heteroatoms. The van der Waals surface area contributed by atoms with E-state index in [-0.39, 0.29) is 11.8 Å². The molecule has 2 rings (SSSR count). The zero-order chi connectivity index (χ0) is 11.7. The summed E-state index contributed by atoms with van der Waals surface area (Å²) in [6.07, 6.45) is 0.485. The van der Waals surface area contributed by atoms with Crippen molar-refractivity contribution in [2.45, 2.75) is 6.42 Å². The van der Waals surface area contributed by atoms with Crippen molar-refractivity contribution in [1.82, 2.24) is 0 Å². The van der Waals surface area contributed by atoms with Gasteiger partial charge in [0.25, 0.3) is 0 Å². The van der Waals surface area contributed by atoms with E-state index in [9.17, 15) is 4.79 Å². The van der Waals surface area contributed by atoms with Crippen LogP contribution in [0.25, 0.3) is 0 Å². The maximum Gasteiger partial charge on any atom is 0.227 e. The Bertz CT molecular complexity index is 422. The lowest BCUT2D eigenvalue weighted by atomic mass is 10.1. The topological polar surface area (TPSA) is 46.3 Å². The quantitative estimate of drug-likeness (QED) is 0.885. The summed E-state index contributed by atoms with van der Waals surface area (Å²) in [6, 6.07) is 5.28. The minimum Gasteiger partial charge on any atom is -0.330 e. The Kier molecular flexibility index (Phi) is 3.38. The van der Waals surface area contributed by atoms with E-state index in [1.165, 1.54) is 0 Å². The van der Waals surface area contributed by atoms with Crippen LogP contribution in [0.2, 0.25) is 10.0 Å². The summed E-state index contributed by atoms with van der Waals surface area (Å²) in [6.45, 7) is 1.13. The Hall–Kier alpha value is -0.770. The second kappa shape index (κ2) is 4.62. The SMILES string of the molecule is NCC1CC(=O)N(c2cccc(Cl)c2Cl)C1. The average Bonchev–Trinajstić information content (AvgIpc) is 2.64. The lowest BCUT2D eigenvalue weighted by Gasteiger charge is -2.18. The molecule has 1 aromatic rings. The van der Waals surface area contributed by atoms with E-state index in [2.05, 4.69) is 0 Å². The van der Waals surface area contributed by atoms with Crippen LogP contribution in [0.3, 0.4) is 0 Å². The van der Waals surface area contributed by atoms with Gasteiger partial charge in [-0.2, -0.15) is 0 Å². The fourth-order valence-electron chi connectivity index (χ4n) is 1.87. The molecule has 1 heterocycles. The minimum atomic E-state index is 0.0552. The van der Waals surface area contributed by atoms with Gasteiger partial charge in [0.05, 0.1) is 15.7 Å². The summed E-state index contributed by atoms with van der Waals surface area (Å²) in [4.78, 5) is 13.4. The predicted octanol–water partition coefficient (Wildman–Crippen LogP) is 2.30. The summed E-state index contributed by atoms with van der Waals surface area (Å²) in [5, 5.41) is 0.887. The molecule has 1 atom stereocenters. The third-order valence-corrected chi connectivity index (χ3v) is 3.57. The highest BCUT2D eigenvalue weighted by Crippen LogP contribution is 2.35. The van der Waals surface area contributed by atoms with E-state index in [0.717, 1.165) is 0 Å². The first-order valence-electron chi connectivity index (χ1n) is 5.08. The van der Waals surface area contributed by atoms with Crippen LogP contribution in [0.1, 0.15) is 6.42 Å². The van der Waals surface area contributed by atoms with Gasteiger partial charge in [-0.3, -0.25) is 4.79 Å². The summed E-state index contributed by atoms with van der Waals surface area (Å²) < 4.78 is 0. The standard InChI is InChI=1S/C11H12Cl2N2O/c12-8-2-1-3-9(11(8)13)15-6-7(5-14)4-10(15)16/h1-3,7H,4-6,14H2. The third kappa shape index (κ3) is 2.03. The zero-order valence-electron chi connectivity index (χ0n) is 8.62. The Balaban J connectivity index is 2.31. The number of rotatable bonds is 2. The highest BCUT2D eigenvalue weighted by atomic mass is 35.5. The Morgan fingerprint density at radius 1 is 1.44 bits per heavy atom. The average molecular weight is 259 g/mol. The lowest BCUT2D eigenvalue weighted by Crippen LogP contribution is -2.26. The first-order chi connectivity index (χ1) is 7.63. The van der Waals surface area contributed by atoms with E-state index in [4.69, 9.17) is 28.9 Å². The molecule has 16 heavy (non-hydrogen) atoms. The van der Waals surface area contributed by atoms with Crippen molar-refractivity contribution in [3.8, 4) is 0 Å². The van der Waals surface area contributed by atoms with Crippen LogP contribution in [0.5, 0.6) is 0 Å². The van der Waals surface area contributed by atoms with Crippen molar-refractivity contribution in [1.29, 1.82) is 0 Å². The lowest BCUT2D eigenvalue weighted by molar-refractivity contribution is -0.117. The maximum absolute atomic E-state index is 11.8.